The third kappa shape index (κ3) is 2.76. The van der Waals surface area contributed by atoms with Crippen molar-refractivity contribution >= 4 is 23.2 Å². The SMILES string of the molecule is COc1ccc(Sc2c(N)cc(C(C)=O)n2C)cc1. The van der Waals surface area contributed by atoms with Crippen LogP contribution in [0, 0.1) is 0 Å². The molecule has 1 heterocycles. The Morgan fingerprint density at radius 3 is 2.42 bits per heavy atom. The minimum atomic E-state index is 0.00998. The van der Waals surface area contributed by atoms with E-state index in [0.717, 1.165) is 15.7 Å². The molecule has 5 heteroatoms. The number of aromatic nitrogens is 1. The van der Waals surface area contributed by atoms with Gasteiger partial charge in [-0.3, -0.25) is 4.79 Å². The highest BCUT2D eigenvalue weighted by atomic mass is 32.2. The average molecular weight is 276 g/mol. The van der Waals surface area contributed by atoms with Crippen LogP contribution < -0.4 is 10.5 Å². The van der Waals surface area contributed by atoms with Gasteiger partial charge in [-0.1, -0.05) is 11.8 Å². The van der Waals surface area contributed by atoms with E-state index >= 15 is 0 Å². The molecule has 0 fully saturated rings. The summed E-state index contributed by atoms with van der Waals surface area (Å²) in [6.07, 6.45) is 0. The molecule has 4 nitrogen and oxygen atoms in total. The molecule has 0 aliphatic heterocycles. The van der Waals surface area contributed by atoms with Crippen molar-refractivity contribution in [2.45, 2.75) is 16.8 Å². The number of ether oxygens (including phenoxy) is 1. The van der Waals surface area contributed by atoms with Gasteiger partial charge in [0.2, 0.25) is 0 Å². The summed E-state index contributed by atoms with van der Waals surface area (Å²) in [5.74, 6) is 0.824. The Morgan fingerprint density at radius 1 is 1.32 bits per heavy atom. The molecule has 0 bridgehead atoms. The molecular formula is C14H16N2O2S. The number of carbonyl (C=O) groups is 1. The number of carbonyl (C=O) groups excluding carboxylic acids is 1. The Balaban J connectivity index is 2.30. The number of ketones is 1. The second kappa shape index (κ2) is 5.40. The lowest BCUT2D eigenvalue weighted by Gasteiger charge is -2.07. The van der Waals surface area contributed by atoms with Crippen molar-refractivity contribution in [3.63, 3.8) is 0 Å². The number of hydrogen-bond acceptors (Lipinski definition) is 4. The van der Waals surface area contributed by atoms with Crippen LogP contribution in [0.4, 0.5) is 5.69 Å². The molecule has 19 heavy (non-hydrogen) atoms. The third-order valence-corrected chi connectivity index (χ3v) is 4.05. The first kappa shape index (κ1) is 13.5. The fraction of sp³-hybridized carbons (Fsp3) is 0.214. The summed E-state index contributed by atoms with van der Waals surface area (Å²) in [7, 11) is 3.48. The Kier molecular flexibility index (Phi) is 3.85. The van der Waals surface area contributed by atoms with Gasteiger partial charge >= 0.3 is 0 Å². The third-order valence-electron chi connectivity index (χ3n) is 2.84. The highest BCUT2D eigenvalue weighted by molar-refractivity contribution is 7.99. The van der Waals surface area contributed by atoms with Crippen LogP contribution in [0.5, 0.6) is 5.75 Å². The summed E-state index contributed by atoms with van der Waals surface area (Å²) in [4.78, 5) is 12.5. The molecule has 2 rings (SSSR count). The molecule has 0 saturated heterocycles. The fourth-order valence-corrected chi connectivity index (χ4v) is 2.74. The lowest BCUT2D eigenvalue weighted by Crippen LogP contribution is -2.02. The highest BCUT2D eigenvalue weighted by Gasteiger charge is 2.14. The van der Waals surface area contributed by atoms with Crippen LogP contribution >= 0.6 is 11.8 Å². The van der Waals surface area contributed by atoms with Crippen LogP contribution in [0.3, 0.4) is 0 Å². The van der Waals surface area contributed by atoms with Crippen molar-refractivity contribution in [1.29, 1.82) is 0 Å². The van der Waals surface area contributed by atoms with Gasteiger partial charge in [-0.25, -0.2) is 0 Å². The van der Waals surface area contributed by atoms with Crippen molar-refractivity contribution < 1.29 is 9.53 Å². The van der Waals surface area contributed by atoms with Gasteiger partial charge in [-0.2, -0.15) is 0 Å². The van der Waals surface area contributed by atoms with E-state index in [2.05, 4.69) is 0 Å². The van der Waals surface area contributed by atoms with Crippen molar-refractivity contribution in [3.8, 4) is 5.75 Å². The quantitative estimate of drug-likeness (QED) is 0.872. The number of rotatable bonds is 4. The Hall–Kier alpha value is -1.88. The maximum atomic E-state index is 11.5. The van der Waals surface area contributed by atoms with Gasteiger partial charge in [-0.15, -0.1) is 0 Å². The lowest BCUT2D eigenvalue weighted by molar-refractivity contribution is 0.100. The maximum absolute atomic E-state index is 11.5. The number of hydrogen-bond donors (Lipinski definition) is 1. The summed E-state index contributed by atoms with van der Waals surface area (Å²) >= 11 is 1.53. The van der Waals surface area contributed by atoms with Crippen LogP contribution in [0.15, 0.2) is 40.3 Å². The highest BCUT2D eigenvalue weighted by Crippen LogP contribution is 2.34. The molecule has 0 atom stereocenters. The average Bonchev–Trinajstić information content (AvgIpc) is 2.68. The number of nitrogens with two attached hydrogens (primary N) is 1. The molecule has 1 aromatic carbocycles. The van der Waals surface area contributed by atoms with Gasteiger partial charge in [0.15, 0.2) is 5.78 Å². The van der Waals surface area contributed by atoms with Gasteiger partial charge in [0.1, 0.15) is 10.8 Å². The van der Waals surface area contributed by atoms with Crippen LogP contribution in [0.25, 0.3) is 0 Å². The van der Waals surface area contributed by atoms with Crippen LogP contribution in [-0.4, -0.2) is 17.5 Å². The van der Waals surface area contributed by atoms with Gasteiger partial charge in [0.25, 0.3) is 0 Å². The van der Waals surface area contributed by atoms with Gasteiger partial charge in [0, 0.05) is 18.9 Å². The summed E-state index contributed by atoms with van der Waals surface area (Å²) < 4.78 is 6.94. The van der Waals surface area contributed by atoms with Crippen molar-refractivity contribution in [2.75, 3.05) is 12.8 Å². The predicted octanol–water partition coefficient (Wildman–Crippen LogP) is 2.97. The van der Waals surface area contributed by atoms with Crippen LogP contribution in [-0.2, 0) is 7.05 Å². The molecule has 1 aromatic heterocycles. The van der Waals surface area contributed by atoms with Gasteiger partial charge < -0.3 is 15.0 Å². The zero-order valence-electron chi connectivity index (χ0n) is 11.1. The van der Waals surface area contributed by atoms with E-state index in [1.807, 2.05) is 35.9 Å². The lowest BCUT2D eigenvalue weighted by atomic mass is 10.3. The summed E-state index contributed by atoms with van der Waals surface area (Å²) in [5.41, 5.74) is 7.20. The normalized spacial score (nSPS) is 10.5. The van der Waals surface area contributed by atoms with E-state index < -0.39 is 0 Å². The molecule has 0 spiro atoms. The van der Waals surface area contributed by atoms with Gasteiger partial charge in [0.05, 0.1) is 18.5 Å². The van der Waals surface area contributed by atoms with Crippen LogP contribution in [0.1, 0.15) is 17.4 Å². The summed E-state index contributed by atoms with van der Waals surface area (Å²) in [5, 5.41) is 0.871. The predicted molar refractivity (Wildman–Crippen MR) is 76.9 cm³/mol. The molecule has 0 aliphatic rings. The largest absolute Gasteiger partial charge is 0.497 e. The fourth-order valence-electron chi connectivity index (χ4n) is 1.83. The first-order chi connectivity index (χ1) is 9.02. The molecule has 2 N–H and O–H groups in total. The zero-order valence-corrected chi connectivity index (χ0v) is 12.0. The standard InChI is InChI=1S/C14H16N2O2S/c1-9(17)13-8-12(15)14(16(13)2)19-11-6-4-10(18-3)5-7-11/h4-8H,15H2,1-3H3. The second-order valence-electron chi connectivity index (χ2n) is 4.18. The van der Waals surface area contributed by atoms with Gasteiger partial charge in [-0.05, 0) is 30.3 Å². The number of methoxy groups -OCH3 is 1. The number of nitrogens with zero attached hydrogens (tertiary/aromatic N) is 1. The van der Waals surface area contributed by atoms with E-state index in [-0.39, 0.29) is 5.78 Å². The topological polar surface area (TPSA) is 57.2 Å². The molecule has 0 amide bonds. The number of Topliss-reactive ketones (excluding diaryl/α,β-unsaturated/α-hetero) is 1. The van der Waals surface area contributed by atoms with Crippen molar-refractivity contribution in [1.82, 2.24) is 4.57 Å². The summed E-state index contributed by atoms with van der Waals surface area (Å²) in [6.45, 7) is 1.54. The number of benzene rings is 1. The number of anilines is 1. The minimum Gasteiger partial charge on any atom is -0.497 e. The van der Waals surface area contributed by atoms with E-state index in [4.69, 9.17) is 10.5 Å². The van der Waals surface area contributed by atoms with E-state index in [0.29, 0.717) is 11.4 Å². The molecule has 0 unspecified atom stereocenters. The molecule has 0 aliphatic carbocycles. The summed E-state index contributed by atoms with van der Waals surface area (Å²) in [6, 6.07) is 9.43. The molecule has 2 aromatic rings. The molecular weight excluding hydrogens is 260 g/mol. The van der Waals surface area contributed by atoms with E-state index in [1.165, 1.54) is 18.7 Å². The molecule has 0 radical (unpaired) electrons. The second-order valence-corrected chi connectivity index (χ2v) is 5.25. The minimum absolute atomic E-state index is 0.00998. The van der Waals surface area contributed by atoms with Crippen molar-refractivity contribution in [3.05, 3.63) is 36.0 Å². The Bertz CT molecular complexity index is 603. The monoisotopic (exact) mass is 276 g/mol. The number of nitrogen functional groups attached to an aromatic ring is 1. The Morgan fingerprint density at radius 2 is 1.95 bits per heavy atom. The smallest absolute Gasteiger partial charge is 0.176 e. The maximum Gasteiger partial charge on any atom is 0.176 e. The molecule has 0 saturated carbocycles. The zero-order chi connectivity index (χ0) is 14.0. The van der Waals surface area contributed by atoms with Crippen LogP contribution in [0.2, 0.25) is 0 Å². The first-order valence-corrected chi connectivity index (χ1v) is 6.62. The first-order valence-electron chi connectivity index (χ1n) is 5.81. The molecule has 100 valence electrons. The van der Waals surface area contributed by atoms with E-state index in [1.54, 1.807) is 13.2 Å². The Labute approximate surface area is 116 Å². The van der Waals surface area contributed by atoms with Crippen molar-refractivity contribution in [2.24, 2.45) is 7.05 Å². The van der Waals surface area contributed by atoms with E-state index in [9.17, 15) is 4.79 Å².